The van der Waals surface area contributed by atoms with E-state index in [1.807, 2.05) is 61.5 Å². The summed E-state index contributed by atoms with van der Waals surface area (Å²) in [6, 6.07) is 18.0. The van der Waals surface area contributed by atoms with Gasteiger partial charge in [-0.15, -0.1) is 0 Å². The first kappa shape index (κ1) is 17.0. The van der Waals surface area contributed by atoms with Gasteiger partial charge in [-0.05, 0) is 36.3 Å². The lowest BCUT2D eigenvalue weighted by Gasteiger charge is -2.09. The molecular formula is C18H21N3OS. The number of hydrazone groups is 1. The van der Waals surface area contributed by atoms with Gasteiger partial charge in [0.15, 0.2) is 5.11 Å². The highest BCUT2D eigenvalue weighted by atomic mass is 32.1. The Morgan fingerprint density at radius 1 is 1.09 bits per heavy atom. The Kier molecular flexibility index (Phi) is 6.56. The van der Waals surface area contributed by atoms with E-state index in [1.54, 1.807) is 7.11 Å². The molecule has 0 aliphatic rings. The summed E-state index contributed by atoms with van der Waals surface area (Å²) in [6.45, 7) is 2.63. The molecule has 0 aliphatic carbocycles. The zero-order valence-electron chi connectivity index (χ0n) is 13.4. The standard InChI is InChI=1S/C18H21N3OS/c1-14(12-16-10-6-7-11-17(16)22-2)20-21-18(23)19-13-15-8-4-3-5-9-15/h3-11H,12-13H2,1-2H3,(H2,19,21,23)/b20-14-. The van der Waals surface area contributed by atoms with Crippen LogP contribution in [0.4, 0.5) is 0 Å². The zero-order valence-corrected chi connectivity index (χ0v) is 14.2. The topological polar surface area (TPSA) is 45.6 Å². The van der Waals surface area contributed by atoms with Crippen LogP contribution in [0.2, 0.25) is 0 Å². The van der Waals surface area contributed by atoms with Gasteiger partial charge in [-0.2, -0.15) is 5.10 Å². The van der Waals surface area contributed by atoms with Crippen molar-refractivity contribution in [1.82, 2.24) is 10.7 Å². The fourth-order valence-electron chi connectivity index (χ4n) is 2.13. The molecule has 120 valence electrons. The van der Waals surface area contributed by atoms with Crippen LogP contribution in [0, 0.1) is 0 Å². The summed E-state index contributed by atoms with van der Waals surface area (Å²) >= 11 is 5.23. The molecule has 0 aliphatic heterocycles. The molecule has 23 heavy (non-hydrogen) atoms. The number of rotatable bonds is 6. The normalized spacial score (nSPS) is 11.0. The van der Waals surface area contributed by atoms with E-state index in [0.29, 0.717) is 18.1 Å². The smallest absolute Gasteiger partial charge is 0.187 e. The molecule has 0 radical (unpaired) electrons. The molecule has 0 atom stereocenters. The lowest BCUT2D eigenvalue weighted by Crippen LogP contribution is -2.32. The minimum atomic E-state index is 0.508. The van der Waals surface area contributed by atoms with Crippen molar-refractivity contribution in [2.24, 2.45) is 5.10 Å². The molecular weight excluding hydrogens is 306 g/mol. The quantitative estimate of drug-likeness (QED) is 0.485. The molecule has 0 unspecified atom stereocenters. The Morgan fingerprint density at radius 2 is 1.78 bits per heavy atom. The summed E-state index contributed by atoms with van der Waals surface area (Å²) in [5.74, 6) is 0.867. The molecule has 0 amide bonds. The molecule has 0 heterocycles. The number of para-hydroxylation sites is 1. The van der Waals surface area contributed by atoms with Crippen LogP contribution in [0.1, 0.15) is 18.1 Å². The maximum absolute atomic E-state index is 5.35. The van der Waals surface area contributed by atoms with Crippen LogP contribution < -0.4 is 15.5 Å². The van der Waals surface area contributed by atoms with Crippen LogP contribution in [0.15, 0.2) is 59.7 Å². The minimum Gasteiger partial charge on any atom is -0.496 e. The van der Waals surface area contributed by atoms with Crippen molar-refractivity contribution < 1.29 is 4.74 Å². The number of benzene rings is 2. The molecule has 0 aromatic heterocycles. The van der Waals surface area contributed by atoms with Crippen molar-refractivity contribution in [3.63, 3.8) is 0 Å². The van der Waals surface area contributed by atoms with Gasteiger partial charge >= 0.3 is 0 Å². The number of hydrogen-bond donors (Lipinski definition) is 2. The fraction of sp³-hybridized carbons (Fsp3) is 0.222. The second kappa shape index (κ2) is 8.90. The van der Waals surface area contributed by atoms with E-state index >= 15 is 0 Å². The highest BCUT2D eigenvalue weighted by Gasteiger charge is 2.03. The zero-order chi connectivity index (χ0) is 16.5. The summed E-state index contributed by atoms with van der Waals surface area (Å²) < 4.78 is 5.35. The van der Waals surface area contributed by atoms with Gasteiger partial charge in [0, 0.05) is 18.7 Å². The average molecular weight is 327 g/mol. The van der Waals surface area contributed by atoms with Crippen LogP contribution >= 0.6 is 12.2 Å². The molecule has 5 heteroatoms. The van der Waals surface area contributed by atoms with Gasteiger partial charge in [-0.25, -0.2) is 0 Å². The monoisotopic (exact) mass is 327 g/mol. The van der Waals surface area contributed by atoms with E-state index in [-0.39, 0.29) is 0 Å². The highest BCUT2D eigenvalue weighted by molar-refractivity contribution is 7.80. The van der Waals surface area contributed by atoms with E-state index in [9.17, 15) is 0 Å². The molecule has 0 spiro atoms. The Hall–Kier alpha value is -2.40. The van der Waals surface area contributed by atoms with Crippen molar-refractivity contribution in [3.8, 4) is 5.75 Å². The Labute approximate surface area is 142 Å². The summed E-state index contributed by atoms with van der Waals surface area (Å²) in [7, 11) is 1.67. The molecule has 2 aromatic carbocycles. The van der Waals surface area contributed by atoms with Gasteiger partial charge < -0.3 is 10.1 Å². The van der Waals surface area contributed by atoms with E-state index < -0.39 is 0 Å². The van der Waals surface area contributed by atoms with Crippen LogP contribution in [0.3, 0.4) is 0 Å². The second-order valence-corrected chi connectivity index (χ2v) is 5.52. The number of methoxy groups -OCH3 is 1. The summed E-state index contributed by atoms with van der Waals surface area (Å²) in [5, 5.41) is 7.95. The van der Waals surface area contributed by atoms with Crippen molar-refractivity contribution in [2.75, 3.05) is 7.11 Å². The van der Waals surface area contributed by atoms with Gasteiger partial charge in [0.1, 0.15) is 5.75 Å². The number of hydrogen-bond acceptors (Lipinski definition) is 3. The van der Waals surface area contributed by atoms with Crippen molar-refractivity contribution in [3.05, 3.63) is 65.7 Å². The molecule has 0 saturated heterocycles. The van der Waals surface area contributed by atoms with Crippen LogP contribution in [0.5, 0.6) is 5.75 Å². The van der Waals surface area contributed by atoms with Crippen molar-refractivity contribution >= 4 is 23.0 Å². The number of ether oxygens (including phenoxy) is 1. The maximum atomic E-state index is 5.35. The van der Waals surface area contributed by atoms with Gasteiger partial charge in [0.2, 0.25) is 0 Å². The fourth-order valence-corrected chi connectivity index (χ4v) is 2.25. The lowest BCUT2D eigenvalue weighted by atomic mass is 10.1. The third-order valence-electron chi connectivity index (χ3n) is 3.28. The van der Waals surface area contributed by atoms with Crippen LogP contribution in [-0.2, 0) is 13.0 Å². The number of nitrogens with zero attached hydrogens (tertiary/aromatic N) is 1. The third-order valence-corrected chi connectivity index (χ3v) is 3.52. The van der Waals surface area contributed by atoms with Crippen LogP contribution in [0.25, 0.3) is 0 Å². The van der Waals surface area contributed by atoms with E-state index in [2.05, 4.69) is 15.8 Å². The summed E-state index contributed by atoms with van der Waals surface area (Å²) in [6.07, 6.45) is 0.707. The summed E-state index contributed by atoms with van der Waals surface area (Å²) in [5.41, 5.74) is 6.08. The Morgan fingerprint density at radius 3 is 2.52 bits per heavy atom. The number of thiocarbonyl (C=S) groups is 1. The molecule has 2 aromatic rings. The number of nitrogens with one attached hydrogen (secondary N) is 2. The van der Waals surface area contributed by atoms with Crippen molar-refractivity contribution in [2.45, 2.75) is 19.9 Å². The molecule has 0 saturated carbocycles. The SMILES string of the molecule is COc1ccccc1C/C(C)=N\NC(=S)NCc1ccccc1. The first-order valence-electron chi connectivity index (χ1n) is 7.42. The highest BCUT2D eigenvalue weighted by Crippen LogP contribution is 2.17. The van der Waals surface area contributed by atoms with Gasteiger partial charge in [0.25, 0.3) is 0 Å². The molecule has 0 fully saturated rings. The predicted octanol–water partition coefficient (Wildman–Crippen LogP) is 3.28. The average Bonchev–Trinajstić information content (AvgIpc) is 2.59. The van der Waals surface area contributed by atoms with E-state index in [0.717, 1.165) is 17.0 Å². The van der Waals surface area contributed by atoms with E-state index in [4.69, 9.17) is 17.0 Å². The second-order valence-electron chi connectivity index (χ2n) is 5.12. The maximum Gasteiger partial charge on any atom is 0.187 e. The minimum absolute atomic E-state index is 0.508. The molecule has 2 rings (SSSR count). The molecule has 2 N–H and O–H groups in total. The Bertz CT molecular complexity index is 671. The third kappa shape index (κ3) is 5.71. The molecule has 4 nitrogen and oxygen atoms in total. The predicted molar refractivity (Wildman–Crippen MR) is 98.8 cm³/mol. The Balaban J connectivity index is 1.83. The summed E-state index contributed by atoms with van der Waals surface area (Å²) in [4.78, 5) is 0. The lowest BCUT2D eigenvalue weighted by molar-refractivity contribution is 0.411. The van der Waals surface area contributed by atoms with Gasteiger partial charge in [-0.1, -0.05) is 48.5 Å². The van der Waals surface area contributed by atoms with Crippen LogP contribution in [-0.4, -0.2) is 17.9 Å². The van der Waals surface area contributed by atoms with E-state index in [1.165, 1.54) is 5.56 Å². The first-order valence-corrected chi connectivity index (χ1v) is 7.82. The van der Waals surface area contributed by atoms with Crippen molar-refractivity contribution in [1.29, 1.82) is 0 Å². The largest absolute Gasteiger partial charge is 0.496 e. The first-order chi connectivity index (χ1) is 11.2. The molecule has 0 bridgehead atoms. The van der Waals surface area contributed by atoms with Gasteiger partial charge in [-0.3, -0.25) is 5.43 Å². The van der Waals surface area contributed by atoms with Gasteiger partial charge in [0.05, 0.1) is 7.11 Å².